The number of carbonyl (C=O) groups excluding carboxylic acids is 2. The maximum atomic E-state index is 13.6. The molecule has 1 fully saturated rings. The summed E-state index contributed by atoms with van der Waals surface area (Å²) >= 11 is 2.36. The molecule has 5 rings (SSSR count). The van der Waals surface area contributed by atoms with Crippen LogP contribution in [0, 0.1) is 5.92 Å². The number of thiazole rings is 1. The zero-order valence-electron chi connectivity index (χ0n) is 16.7. The van der Waals surface area contributed by atoms with Crippen molar-refractivity contribution in [3.63, 3.8) is 0 Å². The second-order valence-corrected chi connectivity index (χ2v) is 9.40. The predicted molar refractivity (Wildman–Crippen MR) is 118 cm³/mol. The van der Waals surface area contributed by atoms with Crippen LogP contribution < -0.4 is 19.2 Å². The number of nitrogens with one attached hydrogen (secondary N) is 1. The summed E-state index contributed by atoms with van der Waals surface area (Å²) in [5, 5.41) is 0.0502. The monoisotopic (exact) mass is 454 g/mol. The highest BCUT2D eigenvalue weighted by atomic mass is 32.2. The van der Waals surface area contributed by atoms with E-state index in [1.807, 2.05) is 24.3 Å². The molecule has 1 N–H and O–H groups in total. The molecule has 3 heterocycles. The van der Waals surface area contributed by atoms with Gasteiger partial charge in [-0.1, -0.05) is 35.2 Å². The number of thioether (sulfide) groups is 1. The number of aromatic amines is 1. The van der Waals surface area contributed by atoms with Crippen LogP contribution in [0.4, 0.5) is 5.69 Å². The number of H-pyrrole nitrogens is 1. The molecule has 0 radical (unpaired) electrons. The molecule has 31 heavy (non-hydrogen) atoms. The molecular weight excluding hydrogens is 436 g/mol. The Kier molecular flexibility index (Phi) is 4.86. The summed E-state index contributed by atoms with van der Waals surface area (Å²) in [5.74, 6) is -0.198. The van der Waals surface area contributed by atoms with Gasteiger partial charge < -0.3 is 14.5 Å². The zero-order chi connectivity index (χ0) is 21.7. The Morgan fingerprint density at radius 1 is 0.871 bits per heavy atom. The minimum Gasteiger partial charge on any atom is -0.497 e. The molecule has 2 amide bonds. The first-order valence-electron chi connectivity index (χ1n) is 9.57. The number of anilines is 1. The van der Waals surface area contributed by atoms with E-state index in [2.05, 4.69) is 4.98 Å². The number of hydrogen-bond acceptors (Lipinski definition) is 7. The zero-order valence-corrected chi connectivity index (χ0v) is 18.3. The highest BCUT2D eigenvalue weighted by Crippen LogP contribution is 2.53. The summed E-state index contributed by atoms with van der Waals surface area (Å²) in [6, 6.07) is 14.3. The first kappa shape index (κ1) is 19.9. The Labute approximate surface area is 186 Å². The average molecular weight is 455 g/mol. The molecule has 158 valence electrons. The lowest BCUT2D eigenvalue weighted by Gasteiger charge is -2.29. The van der Waals surface area contributed by atoms with E-state index in [9.17, 15) is 14.4 Å². The van der Waals surface area contributed by atoms with Crippen molar-refractivity contribution < 1.29 is 19.1 Å². The molecular formula is C22H18N2O5S2. The van der Waals surface area contributed by atoms with E-state index >= 15 is 0 Å². The van der Waals surface area contributed by atoms with Crippen molar-refractivity contribution in [2.75, 3.05) is 19.1 Å². The van der Waals surface area contributed by atoms with Crippen molar-refractivity contribution in [2.24, 2.45) is 5.92 Å². The fraction of sp³-hybridized carbons (Fsp3) is 0.227. The van der Waals surface area contributed by atoms with Crippen molar-refractivity contribution in [1.29, 1.82) is 0 Å². The van der Waals surface area contributed by atoms with Crippen molar-refractivity contribution in [3.05, 3.63) is 68.6 Å². The lowest BCUT2D eigenvalue weighted by molar-refractivity contribution is -0.122. The van der Waals surface area contributed by atoms with Crippen LogP contribution in [0.15, 0.2) is 58.4 Å². The van der Waals surface area contributed by atoms with E-state index in [4.69, 9.17) is 9.47 Å². The normalized spacial score (nSPS) is 22.3. The first-order chi connectivity index (χ1) is 15.0. The smallest absolute Gasteiger partial charge is 0.305 e. The largest absolute Gasteiger partial charge is 0.497 e. The molecule has 9 heteroatoms. The number of hydrogen-bond donors (Lipinski definition) is 1. The Hall–Kier alpha value is -3.04. The Morgan fingerprint density at radius 3 is 2.10 bits per heavy atom. The molecule has 0 spiro atoms. The number of amides is 2. The number of rotatable bonds is 4. The summed E-state index contributed by atoms with van der Waals surface area (Å²) in [6.45, 7) is 0. The van der Waals surface area contributed by atoms with Crippen molar-refractivity contribution in [1.82, 2.24) is 4.98 Å². The van der Waals surface area contributed by atoms with Crippen LogP contribution in [0.25, 0.3) is 0 Å². The van der Waals surface area contributed by atoms with Crippen molar-refractivity contribution in [2.45, 2.75) is 16.2 Å². The Balaban J connectivity index is 1.60. The van der Waals surface area contributed by atoms with Crippen LogP contribution >= 0.6 is 23.1 Å². The van der Waals surface area contributed by atoms with Crippen LogP contribution in [0.1, 0.15) is 16.4 Å². The van der Waals surface area contributed by atoms with E-state index < -0.39 is 17.1 Å². The molecule has 3 aromatic rings. The van der Waals surface area contributed by atoms with Crippen molar-refractivity contribution >= 4 is 40.6 Å². The fourth-order valence-corrected chi connectivity index (χ4v) is 6.69. The Morgan fingerprint density at radius 2 is 1.48 bits per heavy atom. The average Bonchev–Trinajstić information content (AvgIpc) is 3.28. The topological polar surface area (TPSA) is 88.7 Å². The number of fused-ring (bicyclic) bond motifs is 2. The van der Waals surface area contributed by atoms with Gasteiger partial charge in [0.1, 0.15) is 16.7 Å². The maximum absolute atomic E-state index is 13.6. The molecule has 0 bridgehead atoms. The summed E-state index contributed by atoms with van der Waals surface area (Å²) < 4.78 is 10.4. The van der Waals surface area contributed by atoms with Crippen LogP contribution in [0.2, 0.25) is 0 Å². The van der Waals surface area contributed by atoms with Gasteiger partial charge in [0.2, 0.25) is 11.8 Å². The van der Waals surface area contributed by atoms with E-state index in [0.717, 1.165) is 21.8 Å². The molecule has 2 unspecified atom stereocenters. The van der Waals surface area contributed by atoms with Gasteiger partial charge in [-0.05, 0) is 42.0 Å². The quantitative estimate of drug-likeness (QED) is 0.609. The number of benzene rings is 2. The lowest BCUT2D eigenvalue weighted by Crippen LogP contribution is -2.32. The molecule has 2 aromatic carbocycles. The lowest BCUT2D eigenvalue weighted by atomic mass is 9.83. The molecule has 2 aliphatic heterocycles. The standard InChI is InChI=1S/C22H18N2O5S2/c1-28-13-7-3-11(4-8-13)15-16-18(30-19-17(15)31-22(27)23-19)21(26)24(20(16)25)12-5-9-14(29-2)10-6-12/h3-10,15-16,18H,1-2H3,(H,23,27)/t15-,16?,18?/m1/s1. The summed E-state index contributed by atoms with van der Waals surface area (Å²) in [6.07, 6.45) is 0. The number of aromatic nitrogens is 1. The van der Waals surface area contributed by atoms with Crippen LogP contribution in [0.5, 0.6) is 11.5 Å². The van der Waals surface area contributed by atoms with E-state index in [1.165, 1.54) is 16.7 Å². The molecule has 1 aromatic heterocycles. The Bertz CT molecular complexity index is 1220. The third-order valence-electron chi connectivity index (χ3n) is 5.63. The summed E-state index contributed by atoms with van der Waals surface area (Å²) in [7, 11) is 3.15. The van der Waals surface area contributed by atoms with Gasteiger partial charge in [-0.25, -0.2) is 4.90 Å². The minimum absolute atomic E-state index is 0.192. The van der Waals surface area contributed by atoms with Crippen LogP contribution in [-0.4, -0.2) is 36.3 Å². The molecule has 7 nitrogen and oxygen atoms in total. The summed E-state index contributed by atoms with van der Waals surface area (Å²) in [4.78, 5) is 43.7. The number of ether oxygens (including phenoxy) is 2. The molecule has 1 saturated heterocycles. The minimum atomic E-state index is -0.612. The third-order valence-corrected chi connectivity index (χ3v) is 8.03. The predicted octanol–water partition coefficient (Wildman–Crippen LogP) is 3.25. The van der Waals surface area contributed by atoms with Gasteiger partial charge in [0.15, 0.2) is 0 Å². The molecule has 2 aliphatic rings. The second-order valence-electron chi connectivity index (χ2n) is 7.23. The van der Waals surface area contributed by atoms with Gasteiger partial charge >= 0.3 is 4.87 Å². The third kappa shape index (κ3) is 3.16. The van der Waals surface area contributed by atoms with Crippen LogP contribution in [0.3, 0.4) is 0 Å². The molecule has 0 aliphatic carbocycles. The highest BCUT2D eigenvalue weighted by Gasteiger charge is 2.56. The number of imide groups is 1. The fourth-order valence-electron chi connectivity index (χ4n) is 4.17. The van der Waals surface area contributed by atoms with E-state index in [-0.39, 0.29) is 16.7 Å². The molecule has 3 atom stereocenters. The first-order valence-corrected chi connectivity index (χ1v) is 11.3. The van der Waals surface area contributed by atoms with Gasteiger partial charge in [0.05, 0.1) is 30.9 Å². The van der Waals surface area contributed by atoms with E-state index in [0.29, 0.717) is 22.2 Å². The van der Waals surface area contributed by atoms with Gasteiger partial charge in [-0.2, -0.15) is 0 Å². The van der Waals surface area contributed by atoms with Gasteiger partial charge in [0, 0.05) is 10.8 Å². The van der Waals surface area contributed by atoms with Gasteiger partial charge in [0.25, 0.3) is 0 Å². The highest BCUT2D eigenvalue weighted by molar-refractivity contribution is 8.00. The van der Waals surface area contributed by atoms with Gasteiger partial charge in [-0.15, -0.1) is 0 Å². The number of nitrogens with zero attached hydrogens (tertiary/aromatic N) is 1. The number of carbonyl (C=O) groups is 2. The van der Waals surface area contributed by atoms with E-state index in [1.54, 1.807) is 38.5 Å². The maximum Gasteiger partial charge on any atom is 0.305 e. The van der Waals surface area contributed by atoms with Gasteiger partial charge in [-0.3, -0.25) is 14.4 Å². The molecule has 0 saturated carbocycles. The SMILES string of the molecule is COc1ccc([C@H]2c3sc(=O)[nH]c3SC3C(=O)N(c4ccc(OC)cc4)C(=O)C32)cc1. The number of methoxy groups -OCH3 is 2. The second kappa shape index (κ2) is 7.58. The van der Waals surface area contributed by atoms with Crippen molar-refractivity contribution in [3.8, 4) is 11.5 Å². The van der Waals surface area contributed by atoms with Crippen LogP contribution in [-0.2, 0) is 9.59 Å². The summed E-state index contributed by atoms with van der Waals surface area (Å²) in [5.41, 5.74) is 1.38.